The van der Waals surface area contributed by atoms with Gasteiger partial charge in [0, 0.05) is 13.7 Å². The molecule has 0 aromatic heterocycles. The van der Waals surface area contributed by atoms with Crippen molar-refractivity contribution in [2.24, 2.45) is 5.41 Å². The van der Waals surface area contributed by atoms with Crippen LogP contribution in [0, 0.1) is 5.41 Å². The molecule has 0 aliphatic carbocycles. The third kappa shape index (κ3) is 13.6. The SMILES string of the molecule is CCCCCCCCCCCCC(C)(CCCC)CCOC. The predicted octanol–water partition coefficient (Wildman–Crippen LogP) is 7.53. The smallest absolute Gasteiger partial charge is 0.0467 e. The van der Waals surface area contributed by atoms with Gasteiger partial charge in [0.1, 0.15) is 0 Å². The number of hydrogen-bond acceptors (Lipinski definition) is 1. The fraction of sp³-hybridized carbons (Fsp3) is 1.00. The summed E-state index contributed by atoms with van der Waals surface area (Å²) >= 11 is 0. The number of unbranched alkanes of at least 4 members (excludes halogenated alkanes) is 10. The molecular formula is C21H44O. The maximum Gasteiger partial charge on any atom is 0.0467 e. The lowest BCUT2D eigenvalue weighted by Gasteiger charge is -2.29. The zero-order valence-corrected chi connectivity index (χ0v) is 16.2. The molecule has 22 heavy (non-hydrogen) atoms. The van der Waals surface area contributed by atoms with Crippen molar-refractivity contribution in [2.75, 3.05) is 13.7 Å². The molecule has 0 saturated carbocycles. The van der Waals surface area contributed by atoms with Crippen molar-refractivity contribution >= 4 is 0 Å². The van der Waals surface area contributed by atoms with Crippen LogP contribution < -0.4 is 0 Å². The zero-order valence-electron chi connectivity index (χ0n) is 16.2. The quantitative estimate of drug-likeness (QED) is 0.252. The van der Waals surface area contributed by atoms with E-state index in [1.807, 2.05) is 7.11 Å². The summed E-state index contributed by atoms with van der Waals surface area (Å²) in [6, 6.07) is 0. The van der Waals surface area contributed by atoms with E-state index < -0.39 is 0 Å². The monoisotopic (exact) mass is 312 g/mol. The van der Waals surface area contributed by atoms with Crippen LogP contribution in [0.1, 0.15) is 117 Å². The van der Waals surface area contributed by atoms with E-state index in [4.69, 9.17) is 4.74 Å². The van der Waals surface area contributed by atoms with Gasteiger partial charge in [0.2, 0.25) is 0 Å². The Morgan fingerprint density at radius 2 is 1.05 bits per heavy atom. The summed E-state index contributed by atoms with van der Waals surface area (Å²) in [7, 11) is 1.83. The van der Waals surface area contributed by atoms with E-state index in [0.717, 1.165) is 6.61 Å². The molecule has 1 atom stereocenters. The summed E-state index contributed by atoms with van der Waals surface area (Å²) in [6.07, 6.45) is 21.1. The number of rotatable bonds is 17. The minimum absolute atomic E-state index is 0.520. The molecule has 0 aromatic carbocycles. The first-order valence-electron chi connectivity index (χ1n) is 10.2. The van der Waals surface area contributed by atoms with Gasteiger partial charge < -0.3 is 4.74 Å². The van der Waals surface area contributed by atoms with Crippen LogP contribution in [0.3, 0.4) is 0 Å². The normalized spacial score (nSPS) is 14.2. The Labute approximate surface area is 141 Å². The predicted molar refractivity (Wildman–Crippen MR) is 101 cm³/mol. The Hall–Kier alpha value is -0.0400. The van der Waals surface area contributed by atoms with E-state index in [-0.39, 0.29) is 0 Å². The second-order valence-corrected chi connectivity index (χ2v) is 7.59. The van der Waals surface area contributed by atoms with Gasteiger partial charge in [-0.2, -0.15) is 0 Å². The van der Waals surface area contributed by atoms with Gasteiger partial charge in [0.25, 0.3) is 0 Å². The topological polar surface area (TPSA) is 9.23 Å². The molecule has 1 unspecified atom stereocenters. The molecule has 0 spiro atoms. The van der Waals surface area contributed by atoms with Crippen molar-refractivity contribution in [3.05, 3.63) is 0 Å². The first-order chi connectivity index (χ1) is 10.7. The van der Waals surface area contributed by atoms with E-state index in [2.05, 4.69) is 20.8 Å². The van der Waals surface area contributed by atoms with Gasteiger partial charge in [0.05, 0.1) is 0 Å². The van der Waals surface area contributed by atoms with Crippen molar-refractivity contribution in [1.29, 1.82) is 0 Å². The van der Waals surface area contributed by atoms with Crippen molar-refractivity contribution < 1.29 is 4.74 Å². The highest BCUT2D eigenvalue weighted by atomic mass is 16.5. The summed E-state index contributed by atoms with van der Waals surface area (Å²) in [4.78, 5) is 0. The molecule has 0 heterocycles. The highest BCUT2D eigenvalue weighted by molar-refractivity contribution is 4.74. The molecule has 134 valence electrons. The molecule has 0 bridgehead atoms. The summed E-state index contributed by atoms with van der Waals surface area (Å²) in [5.74, 6) is 0. The number of ether oxygens (including phenoxy) is 1. The molecule has 1 nitrogen and oxygen atoms in total. The standard InChI is InChI=1S/C21H44O/c1-5-7-9-10-11-12-13-14-15-16-18-21(3,17-8-6-2)19-20-22-4/h5-20H2,1-4H3. The molecule has 0 aliphatic rings. The first kappa shape index (κ1) is 22.0. The lowest BCUT2D eigenvalue weighted by molar-refractivity contribution is 0.128. The van der Waals surface area contributed by atoms with Crippen LogP contribution >= 0.6 is 0 Å². The van der Waals surface area contributed by atoms with Crippen LogP contribution in [0.2, 0.25) is 0 Å². The Bertz CT molecular complexity index is 204. The second-order valence-electron chi connectivity index (χ2n) is 7.59. The first-order valence-corrected chi connectivity index (χ1v) is 10.2. The van der Waals surface area contributed by atoms with Crippen LogP contribution in [0.5, 0.6) is 0 Å². The molecule has 0 N–H and O–H groups in total. The minimum atomic E-state index is 0.520. The van der Waals surface area contributed by atoms with Crippen molar-refractivity contribution in [2.45, 2.75) is 117 Å². The van der Waals surface area contributed by atoms with E-state index in [0.29, 0.717) is 5.41 Å². The van der Waals surface area contributed by atoms with Gasteiger partial charge in [0.15, 0.2) is 0 Å². The van der Waals surface area contributed by atoms with Gasteiger partial charge in [-0.15, -0.1) is 0 Å². The van der Waals surface area contributed by atoms with Crippen molar-refractivity contribution in [1.82, 2.24) is 0 Å². The van der Waals surface area contributed by atoms with E-state index in [9.17, 15) is 0 Å². The minimum Gasteiger partial charge on any atom is -0.385 e. The summed E-state index contributed by atoms with van der Waals surface area (Å²) in [5, 5.41) is 0. The summed E-state index contributed by atoms with van der Waals surface area (Å²) < 4.78 is 5.32. The molecular weight excluding hydrogens is 268 g/mol. The molecule has 0 rings (SSSR count). The van der Waals surface area contributed by atoms with Gasteiger partial charge in [-0.3, -0.25) is 0 Å². The third-order valence-corrected chi connectivity index (χ3v) is 5.18. The molecule has 0 aromatic rings. The lowest BCUT2D eigenvalue weighted by Crippen LogP contribution is -2.18. The van der Waals surface area contributed by atoms with Crippen LogP contribution in [-0.2, 0) is 4.74 Å². The third-order valence-electron chi connectivity index (χ3n) is 5.18. The average Bonchev–Trinajstić information content (AvgIpc) is 2.53. The Balaban J connectivity index is 3.58. The lowest BCUT2D eigenvalue weighted by atomic mass is 9.77. The highest BCUT2D eigenvalue weighted by Crippen LogP contribution is 2.34. The van der Waals surface area contributed by atoms with Gasteiger partial charge >= 0.3 is 0 Å². The van der Waals surface area contributed by atoms with Crippen molar-refractivity contribution in [3.63, 3.8) is 0 Å². The highest BCUT2D eigenvalue weighted by Gasteiger charge is 2.22. The zero-order chi connectivity index (χ0) is 16.5. The van der Waals surface area contributed by atoms with Gasteiger partial charge in [-0.1, -0.05) is 97.8 Å². The summed E-state index contributed by atoms with van der Waals surface area (Å²) in [6.45, 7) is 8.01. The Morgan fingerprint density at radius 3 is 1.55 bits per heavy atom. The average molecular weight is 313 g/mol. The van der Waals surface area contributed by atoms with Gasteiger partial charge in [-0.25, -0.2) is 0 Å². The van der Waals surface area contributed by atoms with Crippen LogP contribution in [0.4, 0.5) is 0 Å². The molecule has 0 radical (unpaired) electrons. The maximum absolute atomic E-state index is 5.32. The molecule has 0 saturated heterocycles. The van der Waals surface area contributed by atoms with Crippen LogP contribution in [0.15, 0.2) is 0 Å². The van der Waals surface area contributed by atoms with E-state index >= 15 is 0 Å². The maximum atomic E-state index is 5.32. The molecule has 0 aliphatic heterocycles. The second kappa shape index (κ2) is 15.8. The molecule has 0 fully saturated rings. The Morgan fingerprint density at radius 1 is 0.591 bits per heavy atom. The van der Waals surface area contributed by atoms with E-state index in [1.54, 1.807) is 0 Å². The van der Waals surface area contributed by atoms with Crippen LogP contribution in [0.25, 0.3) is 0 Å². The molecule has 0 amide bonds. The largest absolute Gasteiger partial charge is 0.385 e. The van der Waals surface area contributed by atoms with Gasteiger partial charge in [-0.05, 0) is 24.7 Å². The Kier molecular flexibility index (Phi) is 15.8. The van der Waals surface area contributed by atoms with Crippen molar-refractivity contribution in [3.8, 4) is 0 Å². The number of hydrogen-bond donors (Lipinski definition) is 0. The van der Waals surface area contributed by atoms with E-state index in [1.165, 1.54) is 96.3 Å². The summed E-state index contributed by atoms with van der Waals surface area (Å²) in [5.41, 5.74) is 0.520. The fourth-order valence-corrected chi connectivity index (χ4v) is 3.37. The fourth-order valence-electron chi connectivity index (χ4n) is 3.37. The van der Waals surface area contributed by atoms with Crippen LogP contribution in [-0.4, -0.2) is 13.7 Å². The molecule has 1 heteroatoms. The number of methoxy groups -OCH3 is 1.